The van der Waals surface area contributed by atoms with E-state index in [1.165, 1.54) is 13.2 Å². The summed E-state index contributed by atoms with van der Waals surface area (Å²) >= 11 is 2.17. The van der Waals surface area contributed by atoms with Crippen LogP contribution in [0.4, 0.5) is 4.39 Å². The van der Waals surface area contributed by atoms with E-state index in [9.17, 15) is 4.39 Å². The van der Waals surface area contributed by atoms with Gasteiger partial charge in [-0.2, -0.15) is 5.10 Å². The molecule has 0 amide bonds. The second-order valence-electron chi connectivity index (χ2n) is 3.31. The third-order valence-electron chi connectivity index (χ3n) is 2.19. The van der Waals surface area contributed by atoms with Crippen molar-refractivity contribution in [2.24, 2.45) is 0 Å². The zero-order chi connectivity index (χ0) is 11.5. The van der Waals surface area contributed by atoms with Crippen LogP contribution in [0.25, 0.3) is 0 Å². The Morgan fingerprint density at radius 3 is 2.88 bits per heavy atom. The van der Waals surface area contributed by atoms with Crippen LogP contribution < -0.4 is 4.74 Å². The summed E-state index contributed by atoms with van der Waals surface area (Å²) in [4.78, 5) is 0. The molecular formula is C11H10FIN2O. The highest BCUT2D eigenvalue weighted by atomic mass is 127. The summed E-state index contributed by atoms with van der Waals surface area (Å²) in [5.41, 5.74) is 0.598. The van der Waals surface area contributed by atoms with Crippen molar-refractivity contribution in [3.05, 3.63) is 45.5 Å². The first-order chi connectivity index (χ1) is 7.69. The molecule has 0 aliphatic rings. The van der Waals surface area contributed by atoms with Crippen molar-refractivity contribution in [3.8, 4) is 5.75 Å². The smallest absolute Gasteiger partial charge is 0.131 e. The fourth-order valence-electron chi connectivity index (χ4n) is 1.38. The normalized spacial score (nSPS) is 10.4. The van der Waals surface area contributed by atoms with Crippen molar-refractivity contribution >= 4 is 22.6 Å². The van der Waals surface area contributed by atoms with Gasteiger partial charge in [0.05, 0.1) is 23.4 Å². The van der Waals surface area contributed by atoms with Crippen molar-refractivity contribution in [2.75, 3.05) is 7.11 Å². The molecule has 5 heteroatoms. The van der Waals surface area contributed by atoms with E-state index in [-0.39, 0.29) is 5.82 Å². The van der Waals surface area contributed by atoms with Crippen molar-refractivity contribution < 1.29 is 9.13 Å². The van der Waals surface area contributed by atoms with E-state index in [1.54, 1.807) is 23.0 Å². The lowest BCUT2D eigenvalue weighted by molar-refractivity contribution is 0.410. The highest BCUT2D eigenvalue weighted by Crippen LogP contribution is 2.17. The van der Waals surface area contributed by atoms with Gasteiger partial charge in [0.1, 0.15) is 11.6 Å². The van der Waals surface area contributed by atoms with E-state index < -0.39 is 0 Å². The average molecular weight is 332 g/mol. The molecule has 0 fully saturated rings. The maximum atomic E-state index is 13.6. The first-order valence-corrected chi connectivity index (χ1v) is 5.77. The first-order valence-electron chi connectivity index (χ1n) is 4.69. The lowest BCUT2D eigenvalue weighted by atomic mass is 10.2. The van der Waals surface area contributed by atoms with Crippen LogP contribution in [0.2, 0.25) is 0 Å². The Balaban J connectivity index is 2.21. The molecule has 2 aromatic rings. The summed E-state index contributed by atoms with van der Waals surface area (Å²) in [5, 5.41) is 4.11. The van der Waals surface area contributed by atoms with Crippen LogP contribution >= 0.6 is 22.6 Å². The van der Waals surface area contributed by atoms with Gasteiger partial charge in [0.15, 0.2) is 0 Å². The van der Waals surface area contributed by atoms with Crippen LogP contribution in [0.15, 0.2) is 30.6 Å². The molecular weight excluding hydrogens is 322 g/mol. The molecule has 1 aromatic carbocycles. The molecule has 0 unspecified atom stereocenters. The van der Waals surface area contributed by atoms with Gasteiger partial charge < -0.3 is 4.74 Å². The minimum absolute atomic E-state index is 0.273. The zero-order valence-corrected chi connectivity index (χ0v) is 10.8. The van der Waals surface area contributed by atoms with Gasteiger partial charge >= 0.3 is 0 Å². The Morgan fingerprint density at radius 1 is 1.50 bits per heavy atom. The fourth-order valence-corrected chi connectivity index (χ4v) is 1.83. The molecule has 1 heterocycles. The van der Waals surface area contributed by atoms with Gasteiger partial charge in [-0.05, 0) is 28.7 Å². The fraction of sp³-hybridized carbons (Fsp3) is 0.182. The van der Waals surface area contributed by atoms with Crippen molar-refractivity contribution in [1.82, 2.24) is 9.78 Å². The van der Waals surface area contributed by atoms with Crippen LogP contribution in [-0.4, -0.2) is 16.9 Å². The lowest BCUT2D eigenvalue weighted by Gasteiger charge is -2.05. The zero-order valence-electron chi connectivity index (χ0n) is 8.65. The molecule has 0 N–H and O–H groups in total. The Hall–Kier alpha value is -1.11. The Kier molecular flexibility index (Phi) is 3.42. The number of hydrogen-bond donors (Lipinski definition) is 0. The van der Waals surface area contributed by atoms with Gasteiger partial charge in [0, 0.05) is 17.8 Å². The van der Waals surface area contributed by atoms with Crippen LogP contribution in [0.5, 0.6) is 5.75 Å². The molecule has 0 aliphatic heterocycles. The molecule has 0 saturated heterocycles. The highest BCUT2D eigenvalue weighted by molar-refractivity contribution is 14.1. The second kappa shape index (κ2) is 4.82. The Labute approximate surface area is 106 Å². The average Bonchev–Trinajstić information content (AvgIpc) is 2.67. The number of rotatable bonds is 3. The molecule has 16 heavy (non-hydrogen) atoms. The summed E-state index contributed by atoms with van der Waals surface area (Å²) < 4.78 is 21.3. The Morgan fingerprint density at radius 2 is 2.31 bits per heavy atom. The van der Waals surface area contributed by atoms with E-state index in [2.05, 4.69) is 27.7 Å². The quantitative estimate of drug-likeness (QED) is 0.808. The topological polar surface area (TPSA) is 27.1 Å². The lowest BCUT2D eigenvalue weighted by Crippen LogP contribution is -2.02. The second-order valence-corrected chi connectivity index (χ2v) is 4.56. The van der Waals surface area contributed by atoms with E-state index in [4.69, 9.17) is 4.74 Å². The molecule has 0 bridgehead atoms. The van der Waals surface area contributed by atoms with Crippen LogP contribution in [0, 0.1) is 9.39 Å². The molecule has 3 nitrogen and oxygen atoms in total. The van der Waals surface area contributed by atoms with Crippen molar-refractivity contribution in [1.29, 1.82) is 0 Å². The summed E-state index contributed by atoms with van der Waals surface area (Å²) in [6.07, 6.45) is 3.60. The molecule has 0 spiro atoms. The third-order valence-corrected chi connectivity index (χ3v) is 2.75. The molecule has 84 valence electrons. The number of ether oxygens (including phenoxy) is 1. The van der Waals surface area contributed by atoms with Gasteiger partial charge in [-0.15, -0.1) is 0 Å². The van der Waals surface area contributed by atoms with Gasteiger partial charge in [0.2, 0.25) is 0 Å². The van der Waals surface area contributed by atoms with E-state index >= 15 is 0 Å². The van der Waals surface area contributed by atoms with Gasteiger partial charge in [-0.3, -0.25) is 4.68 Å². The molecule has 0 aliphatic carbocycles. The first kappa shape index (κ1) is 11.4. The SMILES string of the molecule is COc1ccc(Cn2cc(I)cn2)c(F)c1. The number of aromatic nitrogens is 2. The van der Waals surface area contributed by atoms with Crippen molar-refractivity contribution in [3.63, 3.8) is 0 Å². The largest absolute Gasteiger partial charge is 0.497 e. The van der Waals surface area contributed by atoms with Crippen molar-refractivity contribution in [2.45, 2.75) is 6.54 Å². The summed E-state index contributed by atoms with van der Waals surface area (Å²) in [6.45, 7) is 0.429. The molecule has 0 saturated carbocycles. The van der Waals surface area contributed by atoms with Crippen LogP contribution in [0.3, 0.4) is 0 Å². The Bertz CT molecular complexity index is 498. The van der Waals surface area contributed by atoms with E-state index in [1.807, 2.05) is 6.20 Å². The van der Waals surface area contributed by atoms with Crippen LogP contribution in [-0.2, 0) is 6.54 Å². The molecule has 0 atom stereocenters. The number of nitrogens with zero attached hydrogens (tertiary/aromatic N) is 2. The predicted octanol–water partition coefficient (Wildman–Crippen LogP) is 2.68. The maximum absolute atomic E-state index is 13.6. The number of methoxy groups -OCH3 is 1. The minimum Gasteiger partial charge on any atom is -0.497 e. The van der Waals surface area contributed by atoms with Crippen LogP contribution in [0.1, 0.15) is 5.56 Å². The van der Waals surface area contributed by atoms with Gasteiger partial charge in [-0.25, -0.2) is 4.39 Å². The number of benzene rings is 1. The maximum Gasteiger partial charge on any atom is 0.131 e. The van der Waals surface area contributed by atoms with Gasteiger partial charge in [0.25, 0.3) is 0 Å². The monoisotopic (exact) mass is 332 g/mol. The van der Waals surface area contributed by atoms with E-state index in [0.29, 0.717) is 17.9 Å². The van der Waals surface area contributed by atoms with Gasteiger partial charge in [-0.1, -0.05) is 6.07 Å². The highest BCUT2D eigenvalue weighted by Gasteiger charge is 2.05. The minimum atomic E-state index is -0.273. The summed E-state index contributed by atoms with van der Waals surface area (Å²) in [5.74, 6) is 0.251. The summed E-state index contributed by atoms with van der Waals surface area (Å²) in [7, 11) is 1.52. The van der Waals surface area contributed by atoms with E-state index in [0.717, 1.165) is 3.57 Å². The predicted molar refractivity (Wildman–Crippen MR) is 67.0 cm³/mol. The standard InChI is InChI=1S/C11H10FIN2O/c1-16-10-3-2-8(11(12)4-10)6-15-7-9(13)5-14-15/h2-5,7H,6H2,1H3. The third kappa shape index (κ3) is 2.52. The number of halogens is 2. The molecule has 2 rings (SSSR count). The molecule has 1 aromatic heterocycles. The summed E-state index contributed by atoms with van der Waals surface area (Å²) in [6, 6.07) is 4.83. The molecule has 0 radical (unpaired) electrons. The number of hydrogen-bond acceptors (Lipinski definition) is 2.